The molecule has 0 bridgehead atoms. The Balaban J connectivity index is 2.58. The van der Waals surface area contributed by atoms with Crippen LogP contribution >= 0.6 is 0 Å². The number of hydrogen-bond acceptors (Lipinski definition) is 1. The van der Waals surface area contributed by atoms with E-state index in [2.05, 4.69) is 30.8 Å². The molecule has 1 heteroatoms. The third kappa shape index (κ3) is 2.51. The summed E-state index contributed by atoms with van der Waals surface area (Å²) in [6.45, 7) is 4.32. The molecule has 1 aromatic carbocycles. The molecule has 0 aromatic heterocycles. The lowest BCUT2D eigenvalue weighted by Crippen LogP contribution is -1.95. The molecular weight excluding hydrogens is 146 g/mol. The predicted octanol–water partition coefficient (Wildman–Crippen LogP) is 2.26. The normalized spacial score (nSPS) is 9.75. The summed E-state index contributed by atoms with van der Waals surface area (Å²) in [4.78, 5) is 0. The second kappa shape index (κ2) is 4.73. The van der Waals surface area contributed by atoms with Gasteiger partial charge in [-0.15, -0.1) is 6.58 Å². The van der Waals surface area contributed by atoms with Crippen LogP contribution in [0, 0.1) is 0 Å². The van der Waals surface area contributed by atoms with Crippen molar-refractivity contribution in [2.75, 3.05) is 0 Å². The van der Waals surface area contributed by atoms with Crippen LogP contribution in [-0.4, -0.2) is 0 Å². The van der Waals surface area contributed by atoms with E-state index in [0.717, 1.165) is 12.8 Å². The van der Waals surface area contributed by atoms with Gasteiger partial charge in [-0.3, -0.25) is 0 Å². The molecule has 64 valence electrons. The van der Waals surface area contributed by atoms with Crippen LogP contribution in [0.1, 0.15) is 17.5 Å². The Morgan fingerprint density at radius 3 is 2.25 bits per heavy atom. The fourth-order valence-electron chi connectivity index (χ4n) is 1.11. The van der Waals surface area contributed by atoms with Crippen molar-refractivity contribution in [1.82, 2.24) is 0 Å². The van der Waals surface area contributed by atoms with E-state index in [0.29, 0.717) is 6.54 Å². The minimum atomic E-state index is 0.627. The monoisotopic (exact) mass is 161 g/mol. The second-order valence-corrected chi connectivity index (χ2v) is 2.85. The SMILES string of the molecule is C=CCCc1ccc(CN)cc1. The number of allylic oxidation sites excluding steroid dienone is 1. The average Bonchev–Trinajstić information content (AvgIpc) is 2.15. The minimum Gasteiger partial charge on any atom is -0.326 e. The van der Waals surface area contributed by atoms with Crippen LogP contribution < -0.4 is 5.73 Å². The van der Waals surface area contributed by atoms with E-state index in [4.69, 9.17) is 5.73 Å². The van der Waals surface area contributed by atoms with Gasteiger partial charge in [-0.1, -0.05) is 30.3 Å². The Morgan fingerprint density at radius 2 is 1.75 bits per heavy atom. The van der Waals surface area contributed by atoms with E-state index in [1.807, 2.05) is 6.08 Å². The Kier molecular flexibility index (Phi) is 3.55. The van der Waals surface area contributed by atoms with Gasteiger partial charge in [0.15, 0.2) is 0 Å². The van der Waals surface area contributed by atoms with Crippen molar-refractivity contribution in [3.63, 3.8) is 0 Å². The first kappa shape index (κ1) is 9.01. The molecule has 0 saturated carbocycles. The van der Waals surface area contributed by atoms with Gasteiger partial charge < -0.3 is 5.73 Å². The zero-order chi connectivity index (χ0) is 8.81. The molecule has 0 heterocycles. The quantitative estimate of drug-likeness (QED) is 0.673. The minimum absolute atomic E-state index is 0.627. The molecule has 2 N–H and O–H groups in total. The average molecular weight is 161 g/mol. The number of aryl methyl sites for hydroxylation is 1. The molecule has 1 nitrogen and oxygen atoms in total. The lowest BCUT2D eigenvalue weighted by molar-refractivity contribution is 0.994. The van der Waals surface area contributed by atoms with Gasteiger partial charge in [0.1, 0.15) is 0 Å². The Morgan fingerprint density at radius 1 is 1.17 bits per heavy atom. The van der Waals surface area contributed by atoms with E-state index in [1.54, 1.807) is 0 Å². The first-order valence-corrected chi connectivity index (χ1v) is 4.25. The van der Waals surface area contributed by atoms with E-state index in [1.165, 1.54) is 11.1 Å². The molecule has 12 heavy (non-hydrogen) atoms. The highest BCUT2D eigenvalue weighted by molar-refractivity contribution is 5.22. The van der Waals surface area contributed by atoms with Gasteiger partial charge >= 0.3 is 0 Å². The summed E-state index contributed by atoms with van der Waals surface area (Å²) < 4.78 is 0. The summed E-state index contributed by atoms with van der Waals surface area (Å²) in [6, 6.07) is 8.42. The van der Waals surface area contributed by atoms with Crippen molar-refractivity contribution >= 4 is 0 Å². The standard InChI is InChI=1S/C11H15N/c1-2-3-4-10-5-7-11(9-12)8-6-10/h2,5-8H,1,3-4,9,12H2. The molecule has 0 amide bonds. The van der Waals surface area contributed by atoms with Crippen LogP contribution in [0.2, 0.25) is 0 Å². The van der Waals surface area contributed by atoms with Gasteiger partial charge in [0.25, 0.3) is 0 Å². The summed E-state index contributed by atoms with van der Waals surface area (Å²) >= 11 is 0. The topological polar surface area (TPSA) is 26.0 Å². The molecule has 0 aliphatic carbocycles. The van der Waals surface area contributed by atoms with Crippen LogP contribution in [-0.2, 0) is 13.0 Å². The zero-order valence-corrected chi connectivity index (χ0v) is 7.29. The Bertz CT molecular complexity index is 236. The van der Waals surface area contributed by atoms with Crippen LogP contribution in [0.3, 0.4) is 0 Å². The highest BCUT2D eigenvalue weighted by atomic mass is 14.5. The van der Waals surface area contributed by atoms with Crippen molar-refractivity contribution in [1.29, 1.82) is 0 Å². The second-order valence-electron chi connectivity index (χ2n) is 2.85. The van der Waals surface area contributed by atoms with Gasteiger partial charge in [0.05, 0.1) is 0 Å². The zero-order valence-electron chi connectivity index (χ0n) is 7.29. The van der Waals surface area contributed by atoms with Crippen molar-refractivity contribution in [3.8, 4) is 0 Å². The van der Waals surface area contributed by atoms with Gasteiger partial charge in [-0.25, -0.2) is 0 Å². The highest BCUT2D eigenvalue weighted by Gasteiger charge is 1.91. The molecule has 0 radical (unpaired) electrons. The summed E-state index contributed by atoms with van der Waals surface area (Å²) in [5.41, 5.74) is 8.03. The van der Waals surface area contributed by atoms with Crippen molar-refractivity contribution in [2.24, 2.45) is 5.73 Å². The fourth-order valence-corrected chi connectivity index (χ4v) is 1.11. The maximum Gasteiger partial charge on any atom is 0.0178 e. The van der Waals surface area contributed by atoms with Gasteiger partial charge in [-0.2, -0.15) is 0 Å². The fraction of sp³-hybridized carbons (Fsp3) is 0.273. The summed E-state index contributed by atoms with van der Waals surface area (Å²) in [6.07, 6.45) is 4.06. The van der Waals surface area contributed by atoms with E-state index < -0.39 is 0 Å². The molecule has 0 spiro atoms. The van der Waals surface area contributed by atoms with Crippen molar-refractivity contribution in [2.45, 2.75) is 19.4 Å². The van der Waals surface area contributed by atoms with E-state index in [9.17, 15) is 0 Å². The number of rotatable bonds is 4. The van der Waals surface area contributed by atoms with E-state index in [-0.39, 0.29) is 0 Å². The maximum absolute atomic E-state index is 5.48. The van der Waals surface area contributed by atoms with Crippen molar-refractivity contribution < 1.29 is 0 Å². The molecule has 1 aromatic rings. The number of benzene rings is 1. The van der Waals surface area contributed by atoms with Gasteiger partial charge in [0.2, 0.25) is 0 Å². The van der Waals surface area contributed by atoms with Crippen molar-refractivity contribution in [3.05, 3.63) is 48.0 Å². The van der Waals surface area contributed by atoms with Crippen LogP contribution in [0.5, 0.6) is 0 Å². The molecule has 0 unspecified atom stereocenters. The van der Waals surface area contributed by atoms with Crippen LogP contribution in [0.15, 0.2) is 36.9 Å². The van der Waals surface area contributed by atoms with Crippen LogP contribution in [0.25, 0.3) is 0 Å². The number of hydrogen-bond donors (Lipinski definition) is 1. The maximum atomic E-state index is 5.48. The van der Waals surface area contributed by atoms with Crippen LogP contribution in [0.4, 0.5) is 0 Å². The third-order valence-electron chi connectivity index (χ3n) is 1.90. The molecule has 1 rings (SSSR count). The molecular formula is C11H15N. The summed E-state index contributed by atoms with van der Waals surface area (Å²) in [7, 11) is 0. The first-order chi connectivity index (χ1) is 5.86. The van der Waals surface area contributed by atoms with Gasteiger partial charge in [0, 0.05) is 6.54 Å². The van der Waals surface area contributed by atoms with E-state index >= 15 is 0 Å². The first-order valence-electron chi connectivity index (χ1n) is 4.25. The molecule has 0 fully saturated rings. The molecule has 0 saturated heterocycles. The summed E-state index contributed by atoms with van der Waals surface area (Å²) in [5.74, 6) is 0. The molecule has 0 aliphatic rings. The Hall–Kier alpha value is -1.08. The molecule has 0 atom stereocenters. The largest absolute Gasteiger partial charge is 0.326 e. The third-order valence-corrected chi connectivity index (χ3v) is 1.90. The predicted molar refractivity (Wildman–Crippen MR) is 52.9 cm³/mol. The van der Waals surface area contributed by atoms with Gasteiger partial charge in [-0.05, 0) is 24.0 Å². The Labute approximate surface area is 73.9 Å². The lowest BCUT2D eigenvalue weighted by Gasteiger charge is -1.99. The molecule has 0 aliphatic heterocycles. The highest BCUT2D eigenvalue weighted by Crippen LogP contribution is 2.06. The summed E-state index contributed by atoms with van der Waals surface area (Å²) in [5, 5.41) is 0. The smallest absolute Gasteiger partial charge is 0.0178 e. The number of nitrogens with two attached hydrogens (primary N) is 1. The lowest BCUT2D eigenvalue weighted by atomic mass is 10.1.